The van der Waals surface area contributed by atoms with Crippen molar-refractivity contribution in [1.29, 1.82) is 0 Å². The number of para-hydroxylation sites is 1. The normalized spacial score (nSPS) is 17.8. The molecule has 0 spiro atoms. The molecule has 3 aromatic rings. The third-order valence-corrected chi connectivity index (χ3v) is 5.07. The van der Waals surface area contributed by atoms with Gasteiger partial charge in [0.05, 0.1) is 5.52 Å². The number of rotatable bonds is 3. The number of fused-ring (bicyclic) bond motifs is 1. The molecule has 1 atom stereocenters. The summed E-state index contributed by atoms with van der Waals surface area (Å²) < 4.78 is 2.31. The van der Waals surface area contributed by atoms with Gasteiger partial charge in [-0.1, -0.05) is 48.5 Å². The molecule has 0 radical (unpaired) electrons. The second kappa shape index (κ2) is 5.82. The first kappa shape index (κ1) is 15.0. The van der Waals surface area contributed by atoms with Crippen molar-refractivity contribution >= 4 is 16.8 Å². The Bertz CT molecular complexity index is 895. The molecule has 0 bridgehead atoms. The molecule has 1 fully saturated rings. The van der Waals surface area contributed by atoms with Gasteiger partial charge in [0.2, 0.25) is 5.91 Å². The van der Waals surface area contributed by atoms with Gasteiger partial charge < -0.3 is 9.47 Å². The number of likely N-dealkylation sites (tertiary alicyclic amines) is 1. The van der Waals surface area contributed by atoms with Crippen molar-refractivity contribution in [3.05, 3.63) is 71.4 Å². The molecule has 1 saturated heterocycles. The van der Waals surface area contributed by atoms with Crippen LogP contribution in [0.1, 0.15) is 35.7 Å². The van der Waals surface area contributed by atoms with Crippen LogP contribution in [-0.2, 0) is 11.3 Å². The van der Waals surface area contributed by atoms with Crippen LogP contribution in [0.3, 0.4) is 0 Å². The van der Waals surface area contributed by atoms with Gasteiger partial charge >= 0.3 is 0 Å². The van der Waals surface area contributed by atoms with E-state index >= 15 is 0 Å². The average molecular weight is 318 g/mol. The molecular formula is C21H22N2O. The molecular weight excluding hydrogens is 296 g/mol. The Morgan fingerprint density at radius 2 is 1.79 bits per heavy atom. The van der Waals surface area contributed by atoms with Crippen LogP contribution < -0.4 is 0 Å². The highest BCUT2D eigenvalue weighted by Gasteiger charge is 2.33. The Morgan fingerprint density at radius 1 is 1.00 bits per heavy atom. The van der Waals surface area contributed by atoms with E-state index in [2.05, 4.69) is 54.9 Å². The van der Waals surface area contributed by atoms with Crippen molar-refractivity contribution in [3.8, 4) is 0 Å². The molecule has 0 saturated carbocycles. The summed E-state index contributed by atoms with van der Waals surface area (Å²) in [6, 6.07) is 16.7. The standard InChI is InChI=1S/C21H22N2O/c1-15-7-6-10-18-16(2)13-23(21(15)18)19-11-12-20(24)22(19)14-17-8-4-3-5-9-17/h3-10,13,19H,11-12,14H2,1-2H3/t19-/m1/s1. The zero-order valence-electron chi connectivity index (χ0n) is 14.2. The second-order valence-corrected chi connectivity index (χ2v) is 6.72. The van der Waals surface area contributed by atoms with E-state index in [1.165, 1.54) is 27.6 Å². The predicted molar refractivity (Wildman–Crippen MR) is 96.7 cm³/mol. The average Bonchev–Trinajstić information content (AvgIpc) is 3.11. The Labute approximate surface area is 142 Å². The van der Waals surface area contributed by atoms with Crippen LogP contribution in [0, 0.1) is 13.8 Å². The van der Waals surface area contributed by atoms with Gasteiger partial charge in [0.15, 0.2) is 0 Å². The summed E-state index contributed by atoms with van der Waals surface area (Å²) in [4.78, 5) is 14.5. The molecule has 2 heterocycles. The van der Waals surface area contributed by atoms with Crippen LogP contribution in [0.15, 0.2) is 54.7 Å². The number of aryl methyl sites for hydroxylation is 2. The van der Waals surface area contributed by atoms with Crippen LogP contribution in [0.2, 0.25) is 0 Å². The molecule has 122 valence electrons. The number of amides is 1. The van der Waals surface area contributed by atoms with E-state index in [1.54, 1.807) is 0 Å². The van der Waals surface area contributed by atoms with E-state index in [-0.39, 0.29) is 12.1 Å². The molecule has 1 amide bonds. The first-order valence-corrected chi connectivity index (χ1v) is 8.55. The van der Waals surface area contributed by atoms with E-state index in [4.69, 9.17) is 0 Å². The minimum absolute atomic E-state index is 0.106. The van der Waals surface area contributed by atoms with Gasteiger partial charge in [-0.3, -0.25) is 4.79 Å². The lowest BCUT2D eigenvalue weighted by atomic mass is 10.1. The minimum Gasteiger partial charge on any atom is -0.326 e. The Kier molecular flexibility index (Phi) is 3.64. The van der Waals surface area contributed by atoms with Crippen LogP contribution in [0.5, 0.6) is 0 Å². The fourth-order valence-corrected chi connectivity index (χ4v) is 3.88. The smallest absolute Gasteiger partial charge is 0.224 e. The molecule has 1 aliphatic heterocycles. The molecule has 4 rings (SSSR count). The first-order chi connectivity index (χ1) is 11.6. The maximum Gasteiger partial charge on any atom is 0.224 e. The van der Waals surface area contributed by atoms with Crippen LogP contribution in [0.4, 0.5) is 0 Å². The lowest BCUT2D eigenvalue weighted by Gasteiger charge is -2.27. The summed E-state index contributed by atoms with van der Waals surface area (Å²) in [7, 11) is 0. The quantitative estimate of drug-likeness (QED) is 0.694. The van der Waals surface area contributed by atoms with Gasteiger partial charge in [0, 0.05) is 24.5 Å². The zero-order chi connectivity index (χ0) is 16.7. The monoisotopic (exact) mass is 318 g/mol. The number of carbonyl (C=O) groups excluding carboxylic acids is 1. The SMILES string of the molecule is Cc1cn([C@@H]2CCC(=O)N2Cc2ccccc2)c2c(C)cccc12. The Balaban J connectivity index is 1.76. The van der Waals surface area contributed by atoms with Gasteiger partial charge in [-0.05, 0) is 37.0 Å². The highest BCUT2D eigenvalue weighted by atomic mass is 16.2. The molecule has 1 aromatic heterocycles. The van der Waals surface area contributed by atoms with Crippen LogP contribution in [-0.4, -0.2) is 15.4 Å². The third-order valence-electron chi connectivity index (χ3n) is 5.07. The summed E-state index contributed by atoms with van der Waals surface area (Å²) >= 11 is 0. The van der Waals surface area contributed by atoms with E-state index in [1.807, 2.05) is 23.1 Å². The summed E-state index contributed by atoms with van der Waals surface area (Å²) in [5.41, 5.74) is 4.97. The molecule has 0 N–H and O–H groups in total. The maximum atomic E-state index is 12.5. The van der Waals surface area contributed by atoms with Crippen molar-refractivity contribution in [2.75, 3.05) is 0 Å². The number of carbonyl (C=O) groups is 1. The van der Waals surface area contributed by atoms with Gasteiger partial charge in [-0.15, -0.1) is 0 Å². The van der Waals surface area contributed by atoms with Crippen LogP contribution >= 0.6 is 0 Å². The molecule has 2 aromatic carbocycles. The van der Waals surface area contributed by atoms with Crippen molar-refractivity contribution < 1.29 is 4.79 Å². The fraction of sp³-hybridized carbons (Fsp3) is 0.286. The van der Waals surface area contributed by atoms with Crippen molar-refractivity contribution in [2.24, 2.45) is 0 Å². The Hall–Kier alpha value is -2.55. The highest BCUT2D eigenvalue weighted by Crippen LogP contribution is 2.35. The zero-order valence-corrected chi connectivity index (χ0v) is 14.2. The second-order valence-electron chi connectivity index (χ2n) is 6.72. The molecule has 1 aliphatic rings. The maximum absolute atomic E-state index is 12.5. The van der Waals surface area contributed by atoms with Crippen molar-refractivity contribution in [1.82, 2.24) is 9.47 Å². The Morgan fingerprint density at radius 3 is 2.58 bits per heavy atom. The molecule has 3 heteroatoms. The molecule has 0 aliphatic carbocycles. The molecule has 24 heavy (non-hydrogen) atoms. The minimum atomic E-state index is 0.106. The van der Waals surface area contributed by atoms with E-state index in [0.29, 0.717) is 13.0 Å². The van der Waals surface area contributed by atoms with Gasteiger partial charge in [0.25, 0.3) is 0 Å². The molecule has 3 nitrogen and oxygen atoms in total. The van der Waals surface area contributed by atoms with E-state index < -0.39 is 0 Å². The van der Waals surface area contributed by atoms with Crippen molar-refractivity contribution in [3.63, 3.8) is 0 Å². The summed E-state index contributed by atoms with van der Waals surface area (Å²) in [6.45, 7) is 4.97. The first-order valence-electron chi connectivity index (χ1n) is 8.55. The van der Waals surface area contributed by atoms with Gasteiger partial charge in [-0.25, -0.2) is 0 Å². The summed E-state index contributed by atoms with van der Waals surface area (Å²) in [6.07, 6.45) is 3.82. The summed E-state index contributed by atoms with van der Waals surface area (Å²) in [5, 5.41) is 1.29. The number of nitrogens with zero attached hydrogens (tertiary/aromatic N) is 2. The topological polar surface area (TPSA) is 25.2 Å². The molecule has 0 unspecified atom stereocenters. The number of benzene rings is 2. The van der Waals surface area contributed by atoms with Crippen LogP contribution in [0.25, 0.3) is 10.9 Å². The largest absolute Gasteiger partial charge is 0.326 e. The highest BCUT2D eigenvalue weighted by molar-refractivity contribution is 5.87. The van der Waals surface area contributed by atoms with Gasteiger partial charge in [0.1, 0.15) is 6.17 Å². The third kappa shape index (κ3) is 2.41. The lowest BCUT2D eigenvalue weighted by molar-refractivity contribution is -0.130. The van der Waals surface area contributed by atoms with E-state index in [0.717, 1.165) is 6.42 Å². The number of hydrogen-bond acceptors (Lipinski definition) is 1. The summed E-state index contributed by atoms with van der Waals surface area (Å²) in [5.74, 6) is 0.247. The lowest BCUT2D eigenvalue weighted by Crippen LogP contribution is -2.30. The number of aromatic nitrogens is 1. The van der Waals surface area contributed by atoms with Crippen molar-refractivity contribution in [2.45, 2.75) is 39.4 Å². The van der Waals surface area contributed by atoms with Gasteiger partial charge in [-0.2, -0.15) is 0 Å². The predicted octanol–water partition coefficient (Wildman–Crippen LogP) is 4.58. The fourth-order valence-electron chi connectivity index (χ4n) is 3.88. The van der Waals surface area contributed by atoms with E-state index in [9.17, 15) is 4.79 Å². The number of hydrogen-bond donors (Lipinski definition) is 0.